The van der Waals surface area contributed by atoms with Crippen LogP contribution in [0.15, 0.2) is 59.5 Å². The number of aryl methyl sites for hydroxylation is 1. The number of carbonyl (C=O) groups is 1. The van der Waals surface area contributed by atoms with E-state index in [1.807, 2.05) is 19.1 Å². The smallest absolute Gasteiger partial charge is 0.238 e. The number of halogens is 1. The first-order valence-electron chi connectivity index (χ1n) is 8.24. The van der Waals surface area contributed by atoms with E-state index in [4.69, 9.17) is 16.7 Å². The van der Waals surface area contributed by atoms with Gasteiger partial charge >= 0.3 is 0 Å². The second-order valence-electron chi connectivity index (χ2n) is 6.44. The van der Waals surface area contributed by atoms with E-state index in [1.54, 1.807) is 41.9 Å². The molecule has 1 heterocycles. The Hall–Kier alpha value is -2.41. The summed E-state index contributed by atoms with van der Waals surface area (Å²) in [7, 11) is -1.93. The van der Waals surface area contributed by atoms with Crippen LogP contribution in [0.5, 0.6) is 0 Å². The summed E-state index contributed by atoms with van der Waals surface area (Å²) in [6.07, 6.45) is 0.460. The van der Waals surface area contributed by atoms with Crippen LogP contribution < -0.4 is 5.14 Å². The molecule has 0 bridgehead atoms. The van der Waals surface area contributed by atoms with Gasteiger partial charge in [0.25, 0.3) is 0 Å². The molecule has 0 fully saturated rings. The van der Waals surface area contributed by atoms with E-state index in [-0.39, 0.29) is 10.7 Å². The Balaban J connectivity index is 1.90. The standard InChI is InChI=1S/C20H19ClN2O3S/c1-13-3-7-15(8-4-13)20(24)19-12-17(21)18(23(19)2)11-14-5-9-16(10-6-14)27(22,25)26/h3-10,12H,11H2,1-2H3,(H2,22,25,26). The third-order valence-electron chi connectivity index (χ3n) is 4.48. The van der Waals surface area contributed by atoms with E-state index in [9.17, 15) is 13.2 Å². The number of hydrogen-bond acceptors (Lipinski definition) is 3. The summed E-state index contributed by atoms with van der Waals surface area (Å²) in [5, 5.41) is 5.61. The Morgan fingerprint density at radius 3 is 2.22 bits per heavy atom. The molecule has 0 aliphatic carbocycles. The van der Waals surface area contributed by atoms with Crippen LogP contribution in [0.3, 0.4) is 0 Å². The molecular weight excluding hydrogens is 384 g/mol. The van der Waals surface area contributed by atoms with Crippen molar-refractivity contribution in [2.24, 2.45) is 12.2 Å². The maximum Gasteiger partial charge on any atom is 0.238 e. The number of primary sulfonamides is 1. The highest BCUT2D eigenvalue weighted by Crippen LogP contribution is 2.25. The van der Waals surface area contributed by atoms with Crippen molar-refractivity contribution in [3.05, 3.63) is 87.7 Å². The highest BCUT2D eigenvalue weighted by Gasteiger charge is 2.18. The quantitative estimate of drug-likeness (QED) is 0.663. The van der Waals surface area contributed by atoms with Gasteiger partial charge in [-0.15, -0.1) is 0 Å². The first-order valence-corrected chi connectivity index (χ1v) is 10.2. The van der Waals surface area contributed by atoms with E-state index < -0.39 is 10.0 Å². The number of nitrogens with two attached hydrogens (primary N) is 1. The highest BCUT2D eigenvalue weighted by atomic mass is 35.5. The lowest BCUT2D eigenvalue weighted by Crippen LogP contribution is -2.12. The van der Waals surface area contributed by atoms with Gasteiger partial charge in [-0.1, -0.05) is 53.6 Å². The van der Waals surface area contributed by atoms with Crippen molar-refractivity contribution in [2.45, 2.75) is 18.2 Å². The fourth-order valence-corrected chi connectivity index (χ4v) is 3.68. The van der Waals surface area contributed by atoms with Crippen molar-refractivity contribution < 1.29 is 13.2 Å². The van der Waals surface area contributed by atoms with Crippen LogP contribution >= 0.6 is 11.6 Å². The molecule has 0 radical (unpaired) electrons. The lowest BCUT2D eigenvalue weighted by Gasteiger charge is -2.09. The van der Waals surface area contributed by atoms with Gasteiger partial charge in [-0.3, -0.25) is 4.79 Å². The normalized spacial score (nSPS) is 11.6. The predicted octanol–water partition coefficient (Wildman–Crippen LogP) is 3.46. The number of benzene rings is 2. The number of sulfonamides is 1. The SMILES string of the molecule is Cc1ccc(C(=O)c2cc(Cl)c(Cc3ccc(S(N)(=O)=O)cc3)n2C)cc1. The Morgan fingerprint density at radius 2 is 1.67 bits per heavy atom. The minimum atomic E-state index is -3.73. The molecule has 0 aliphatic rings. The molecule has 0 saturated heterocycles. The minimum absolute atomic E-state index is 0.0551. The minimum Gasteiger partial charge on any atom is -0.343 e. The first kappa shape index (κ1) is 19.4. The van der Waals surface area contributed by atoms with Crippen LogP contribution in [-0.2, 0) is 23.5 Å². The van der Waals surface area contributed by atoms with Gasteiger partial charge in [0.15, 0.2) is 0 Å². The van der Waals surface area contributed by atoms with Gasteiger partial charge in [-0.2, -0.15) is 0 Å². The third-order valence-corrected chi connectivity index (χ3v) is 5.73. The van der Waals surface area contributed by atoms with Crippen LogP contribution in [0.25, 0.3) is 0 Å². The Morgan fingerprint density at radius 1 is 1.07 bits per heavy atom. The fraction of sp³-hybridized carbons (Fsp3) is 0.150. The molecule has 0 amide bonds. The average Bonchev–Trinajstić information content (AvgIpc) is 2.90. The predicted molar refractivity (Wildman–Crippen MR) is 106 cm³/mol. The second-order valence-corrected chi connectivity index (χ2v) is 8.41. The van der Waals surface area contributed by atoms with Crippen LogP contribution in [0.1, 0.15) is 32.9 Å². The van der Waals surface area contributed by atoms with Gasteiger partial charge < -0.3 is 4.57 Å². The Labute approximate surface area is 163 Å². The van der Waals surface area contributed by atoms with Gasteiger partial charge in [0.1, 0.15) is 0 Å². The van der Waals surface area contributed by atoms with Gasteiger partial charge in [0.2, 0.25) is 15.8 Å². The van der Waals surface area contributed by atoms with Crippen LogP contribution in [0.4, 0.5) is 0 Å². The fourth-order valence-electron chi connectivity index (χ4n) is 2.87. The third kappa shape index (κ3) is 4.13. The van der Waals surface area contributed by atoms with Gasteiger partial charge in [-0.25, -0.2) is 13.6 Å². The Kier molecular flexibility index (Phi) is 5.24. The summed E-state index contributed by atoms with van der Waals surface area (Å²) in [6, 6.07) is 15.3. The molecule has 0 atom stereocenters. The van der Waals surface area contributed by atoms with Crippen molar-refractivity contribution >= 4 is 27.4 Å². The van der Waals surface area contributed by atoms with Gasteiger partial charge in [0, 0.05) is 24.7 Å². The molecule has 5 nitrogen and oxygen atoms in total. The van der Waals surface area contributed by atoms with Crippen molar-refractivity contribution in [2.75, 3.05) is 0 Å². The van der Waals surface area contributed by atoms with Crippen molar-refractivity contribution in [3.8, 4) is 0 Å². The van der Waals surface area contributed by atoms with Crippen molar-refractivity contribution in [1.82, 2.24) is 4.57 Å². The molecule has 3 aromatic rings. The summed E-state index contributed by atoms with van der Waals surface area (Å²) < 4.78 is 24.5. The van der Waals surface area contributed by atoms with Crippen LogP contribution in [0, 0.1) is 6.92 Å². The molecule has 0 unspecified atom stereocenters. The zero-order valence-corrected chi connectivity index (χ0v) is 16.5. The second kappa shape index (κ2) is 7.31. The molecular formula is C20H19ClN2O3S. The Bertz CT molecular complexity index is 1100. The van der Waals surface area contributed by atoms with Gasteiger partial charge in [0.05, 0.1) is 15.6 Å². The van der Waals surface area contributed by atoms with E-state index in [0.717, 1.165) is 16.8 Å². The molecule has 1 aromatic heterocycles. The molecule has 27 heavy (non-hydrogen) atoms. The molecule has 2 N–H and O–H groups in total. The molecule has 7 heteroatoms. The van der Waals surface area contributed by atoms with Crippen LogP contribution in [-0.4, -0.2) is 18.8 Å². The lowest BCUT2D eigenvalue weighted by molar-refractivity contribution is 0.103. The largest absolute Gasteiger partial charge is 0.343 e. The molecule has 0 saturated carbocycles. The topological polar surface area (TPSA) is 82.2 Å². The highest BCUT2D eigenvalue weighted by molar-refractivity contribution is 7.89. The number of aromatic nitrogens is 1. The van der Waals surface area contributed by atoms with Crippen molar-refractivity contribution in [1.29, 1.82) is 0 Å². The summed E-state index contributed by atoms with van der Waals surface area (Å²) in [4.78, 5) is 12.8. The monoisotopic (exact) mass is 402 g/mol. The number of ketones is 1. The summed E-state index contributed by atoms with van der Waals surface area (Å²) in [5.74, 6) is -0.102. The summed E-state index contributed by atoms with van der Waals surface area (Å²) in [6.45, 7) is 1.97. The maximum absolute atomic E-state index is 12.8. The average molecular weight is 403 g/mol. The summed E-state index contributed by atoms with van der Waals surface area (Å²) >= 11 is 6.37. The zero-order chi connectivity index (χ0) is 19.8. The molecule has 2 aromatic carbocycles. The molecule has 140 valence electrons. The molecule has 0 aliphatic heterocycles. The molecule has 0 spiro atoms. The maximum atomic E-state index is 12.8. The summed E-state index contributed by atoms with van der Waals surface area (Å²) in [5.41, 5.74) is 3.82. The van der Waals surface area contributed by atoms with Gasteiger partial charge in [-0.05, 0) is 30.7 Å². The van der Waals surface area contributed by atoms with E-state index in [2.05, 4.69) is 0 Å². The van der Waals surface area contributed by atoms with E-state index >= 15 is 0 Å². The van der Waals surface area contributed by atoms with Crippen molar-refractivity contribution in [3.63, 3.8) is 0 Å². The number of nitrogens with zero attached hydrogens (tertiary/aromatic N) is 1. The number of hydrogen-bond donors (Lipinski definition) is 1. The van der Waals surface area contributed by atoms with E-state index in [1.165, 1.54) is 12.1 Å². The first-order chi connectivity index (χ1) is 12.7. The number of rotatable bonds is 5. The molecule has 3 rings (SSSR count). The van der Waals surface area contributed by atoms with E-state index in [0.29, 0.717) is 22.7 Å². The lowest BCUT2D eigenvalue weighted by atomic mass is 10.1. The zero-order valence-electron chi connectivity index (χ0n) is 14.9. The van der Waals surface area contributed by atoms with Crippen LogP contribution in [0.2, 0.25) is 5.02 Å². The number of carbonyl (C=O) groups excluding carboxylic acids is 1.